The van der Waals surface area contributed by atoms with Crippen LogP contribution in [0.4, 0.5) is 0 Å². The first kappa shape index (κ1) is 10.2. The van der Waals surface area contributed by atoms with E-state index in [1.54, 1.807) is 12.8 Å². The second kappa shape index (κ2) is 3.28. The zero-order chi connectivity index (χ0) is 10.5. The van der Waals surface area contributed by atoms with Gasteiger partial charge in [0.05, 0.1) is 0 Å². The van der Waals surface area contributed by atoms with Crippen molar-refractivity contribution in [3.05, 3.63) is 0 Å². The van der Waals surface area contributed by atoms with Crippen molar-refractivity contribution < 1.29 is 0 Å². The monoisotopic (exact) mass is 204 g/mol. The summed E-state index contributed by atoms with van der Waals surface area (Å²) in [5, 5.41) is 1.48. The van der Waals surface area contributed by atoms with Gasteiger partial charge in [-0.1, -0.05) is 88.1 Å². The Morgan fingerprint density at radius 2 is 1.53 bits per heavy atom. The molecule has 3 heterocycles. The van der Waals surface area contributed by atoms with Crippen LogP contribution in [-0.2, 0) is 0 Å². The number of rotatable bonds is 0. The molecular formula is C14H25B. The lowest BCUT2D eigenvalue weighted by molar-refractivity contribution is 0.279. The third kappa shape index (κ3) is 1.41. The highest BCUT2D eigenvalue weighted by molar-refractivity contribution is 6.70. The molecule has 3 atom stereocenters. The predicted molar refractivity (Wildman–Crippen MR) is 67.8 cm³/mol. The van der Waals surface area contributed by atoms with E-state index in [2.05, 4.69) is 13.8 Å². The van der Waals surface area contributed by atoms with E-state index in [1.807, 2.05) is 0 Å². The summed E-state index contributed by atoms with van der Waals surface area (Å²) in [7, 11) is 0. The molecule has 3 unspecified atom stereocenters. The summed E-state index contributed by atoms with van der Waals surface area (Å²) in [6, 6.07) is 0. The Morgan fingerprint density at radius 3 is 2.33 bits per heavy atom. The Morgan fingerprint density at radius 1 is 0.867 bits per heavy atom. The summed E-state index contributed by atoms with van der Waals surface area (Å²) in [5.74, 6) is 1.12. The third-order valence-corrected chi connectivity index (χ3v) is 6.02. The topological polar surface area (TPSA) is 0 Å². The molecule has 0 aliphatic carbocycles. The summed E-state index contributed by atoms with van der Waals surface area (Å²) >= 11 is 0. The van der Waals surface area contributed by atoms with Gasteiger partial charge >= 0.3 is 0 Å². The van der Waals surface area contributed by atoms with Gasteiger partial charge in [0.1, 0.15) is 0 Å². The van der Waals surface area contributed by atoms with Gasteiger partial charge in [-0.3, -0.25) is 0 Å². The zero-order valence-electron chi connectivity index (χ0n) is 10.5. The van der Waals surface area contributed by atoms with E-state index < -0.39 is 0 Å². The second-order valence-corrected chi connectivity index (χ2v) is 7.20. The third-order valence-electron chi connectivity index (χ3n) is 6.02. The Hall–Kier alpha value is 0.0649. The molecule has 0 spiro atoms. The molecule has 0 N–H and O–H groups in total. The molecule has 0 aromatic rings. The average molecular weight is 204 g/mol. The smallest absolute Gasteiger partial charge is 0.0662 e. The first-order valence-corrected chi connectivity index (χ1v) is 7.14. The van der Waals surface area contributed by atoms with Crippen LogP contribution in [0.25, 0.3) is 0 Å². The maximum absolute atomic E-state index is 2.62. The van der Waals surface area contributed by atoms with Crippen LogP contribution in [-0.4, -0.2) is 6.71 Å². The summed E-state index contributed by atoms with van der Waals surface area (Å²) in [5.41, 5.74) is 0. The molecule has 3 aliphatic heterocycles. The largest absolute Gasteiger partial charge is 0.155 e. The zero-order valence-corrected chi connectivity index (χ0v) is 10.5. The van der Waals surface area contributed by atoms with Crippen molar-refractivity contribution >= 4 is 6.71 Å². The molecule has 0 nitrogen and oxygen atoms in total. The molecule has 3 aliphatic rings. The van der Waals surface area contributed by atoms with Crippen LogP contribution in [0.15, 0.2) is 0 Å². The molecule has 15 heavy (non-hydrogen) atoms. The van der Waals surface area contributed by atoms with Crippen molar-refractivity contribution in [2.45, 2.75) is 88.1 Å². The molecule has 0 aromatic carbocycles. The summed E-state index contributed by atoms with van der Waals surface area (Å²) in [6.07, 6.45) is 13.8. The van der Waals surface area contributed by atoms with Crippen molar-refractivity contribution in [2.75, 3.05) is 0 Å². The van der Waals surface area contributed by atoms with Crippen molar-refractivity contribution in [1.82, 2.24) is 0 Å². The lowest BCUT2D eigenvalue weighted by Crippen LogP contribution is -2.56. The second-order valence-electron chi connectivity index (χ2n) is 7.20. The van der Waals surface area contributed by atoms with Gasteiger partial charge in [0, 0.05) is 0 Å². The molecule has 0 aromatic heterocycles. The van der Waals surface area contributed by atoms with Crippen molar-refractivity contribution in [1.29, 1.82) is 0 Å². The highest BCUT2D eigenvalue weighted by atomic mass is 14.5. The van der Waals surface area contributed by atoms with Gasteiger partial charge in [0.15, 0.2) is 6.71 Å². The highest BCUT2D eigenvalue weighted by Gasteiger charge is 2.61. The predicted octanol–water partition coefficient (Wildman–Crippen LogP) is 4.92. The Balaban J connectivity index is 1.89. The fourth-order valence-electron chi connectivity index (χ4n) is 5.63. The van der Waals surface area contributed by atoms with Gasteiger partial charge in [0.25, 0.3) is 0 Å². The maximum atomic E-state index is 2.62. The van der Waals surface area contributed by atoms with Crippen LogP contribution < -0.4 is 0 Å². The van der Waals surface area contributed by atoms with Crippen molar-refractivity contribution in [2.24, 2.45) is 0 Å². The molecule has 0 radical (unpaired) electrons. The summed E-state index contributed by atoms with van der Waals surface area (Å²) in [6.45, 7) is 6.31. The van der Waals surface area contributed by atoms with E-state index in [1.165, 1.54) is 44.9 Å². The summed E-state index contributed by atoms with van der Waals surface area (Å²) in [4.78, 5) is 0. The minimum absolute atomic E-state index is 0.732. The van der Waals surface area contributed by atoms with E-state index in [-0.39, 0.29) is 0 Å². The Kier molecular flexibility index (Phi) is 2.24. The molecule has 84 valence electrons. The van der Waals surface area contributed by atoms with Crippen LogP contribution in [0, 0.1) is 0 Å². The standard InChI is InChI=1S/C14H25B/c1-13-8-4-3-5-9-14(2)11-12(15(13)14)7-6-10-13/h12H,3-11H2,1-2H3. The fourth-order valence-corrected chi connectivity index (χ4v) is 5.63. The number of hydrogen-bond donors (Lipinski definition) is 0. The van der Waals surface area contributed by atoms with Gasteiger partial charge in [-0.2, -0.15) is 0 Å². The molecule has 0 saturated carbocycles. The fraction of sp³-hybridized carbons (Fsp3) is 1.00. The minimum atomic E-state index is 0.732. The molecule has 3 saturated heterocycles. The van der Waals surface area contributed by atoms with E-state index in [4.69, 9.17) is 0 Å². The van der Waals surface area contributed by atoms with E-state index >= 15 is 0 Å². The molecule has 3 rings (SSSR count). The van der Waals surface area contributed by atoms with Crippen LogP contribution in [0.5, 0.6) is 0 Å². The van der Waals surface area contributed by atoms with Gasteiger partial charge < -0.3 is 0 Å². The molecule has 1 heteroatoms. The van der Waals surface area contributed by atoms with Gasteiger partial charge in [0.2, 0.25) is 0 Å². The van der Waals surface area contributed by atoms with Gasteiger partial charge in [-0.15, -0.1) is 0 Å². The van der Waals surface area contributed by atoms with Gasteiger partial charge in [-0.25, -0.2) is 0 Å². The Bertz CT molecular complexity index is 258. The molecule has 0 amide bonds. The average Bonchev–Trinajstić information content (AvgIpc) is 2.13. The lowest BCUT2D eigenvalue weighted by Gasteiger charge is -2.62. The Labute approximate surface area is 95.3 Å². The van der Waals surface area contributed by atoms with Crippen molar-refractivity contribution in [3.63, 3.8) is 0 Å². The number of hydrogen-bond acceptors (Lipinski definition) is 0. The minimum Gasteiger partial charge on any atom is -0.0662 e. The van der Waals surface area contributed by atoms with Crippen molar-refractivity contribution in [3.8, 4) is 0 Å². The molecular weight excluding hydrogens is 179 g/mol. The lowest BCUT2D eigenvalue weighted by atomic mass is 9.06. The van der Waals surface area contributed by atoms with E-state index in [9.17, 15) is 0 Å². The maximum Gasteiger partial charge on any atom is 0.155 e. The SMILES string of the molecule is CC12CCCCCC3(C)CC(CCC1)B23. The van der Waals surface area contributed by atoms with E-state index in [0.717, 1.165) is 23.2 Å². The molecule has 3 fully saturated rings. The van der Waals surface area contributed by atoms with Crippen LogP contribution in [0.1, 0.15) is 71.6 Å². The van der Waals surface area contributed by atoms with Crippen LogP contribution >= 0.6 is 0 Å². The first-order valence-electron chi connectivity index (χ1n) is 7.14. The van der Waals surface area contributed by atoms with Gasteiger partial charge in [-0.05, 0) is 0 Å². The normalized spacial score (nSPS) is 50.0. The van der Waals surface area contributed by atoms with Crippen LogP contribution in [0.3, 0.4) is 0 Å². The highest BCUT2D eigenvalue weighted by Crippen LogP contribution is 2.71. The van der Waals surface area contributed by atoms with E-state index in [0.29, 0.717) is 0 Å². The quantitative estimate of drug-likeness (QED) is 0.491. The molecule has 0 bridgehead atoms. The summed E-state index contributed by atoms with van der Waals surface area (Å²) < 4.78 is 0. The first-order chi connectivity index (χ1) is 7.14. The van der Waals surface area contributed by atoms with Crippen LogP contribution in [0.2, 0.25) is 16.4 Å².